The number of hydrogen-bond acceptors (Lipinski definition) is 6. The van der Waals surface area contributed by atoms with Crippen molar-refractivity contribution in [3.63, 3.8) is 0 Å². The van der Waals surface area contributed by atoms with Crippen LogP contribution in [0.15, 0.2) is 23.4 Å². The van der Waals surface area contributed by atoms with Gasteiger partial charge >= 0.3 is 6.03 Å². The van der Waals surface area contributed by atoms with Crippen molar-refractivity contribution in [1.82, 2.24) is 25.1 Å². The number of halogens is 4. The lowest BCUT2D eigenvalue weighted by Gasteiger charge is -2.46. The first-order valence-electron chi connectivity index (χ1n) is 10.3. The van der Waals surface area contributed by atoms with Crippen LogP contribution in [0.2, 0.25) is 10.0 Å². The number of nitrogens with two attached hydrogens (primary N) is 1. The van der Waals surface area contributed by atoms with E-state index in [1.54, 1.807) is 29.8 Å². The Morgan fingerprint density at radius 2 is 2.00 bits per heavy atom. The molecule has 4 rings (SSSR count). The molecule has 0 atom stereocenters. The van der Waals surface area contributed by atoms with Crippen molar-refractivity contribution < 1.29 is 18.4 Å². The average molecular weight is 515 g/mol. The van der Waals surface area contributed by atoms with Crippen LogP contribution in [0.4, 0.5) is 13.6 Å². The van der Waals surface area contributed by atoms with Crippen LogP contribution >= 0.6 is 23.2 Å². The van der Waals surface area contributed by atoms with Gasteiger partial charge in [-0.25, -0.2) is 24.8 Å². The fraction of sp³-hybridized carbons (Fsp3) is 0.450. The molecule has 34 heavy (non-hydrogen) atoms. The third-order valence-corrected chi connectivity index (χ3v) is 6.74. The van der Waals surface area contributed by atoms with E-state index in [2.05, 4.69) is 15.7 Å². The molecule has 1 aromatic heterocycles. The van der Waals surface area contributed by atoms with Crippen LogP contribution in [-0.4, -0.2) is 50.6 Å². The van der Waals surface area contributed by atoms with E-state index >= 15 is 0 Å². The molecule has 1 aromatic carbocycles. The first kappa shape index (κ1) is 24.3. The third-order valence-electron chi connectivity index (χ3n) is 6.00. The monoisotopic (exact) mass is 514 g/mol. The number of carbonyl (C=O) groups is 2. The van der Waals surface area contributed by atoms with E-state index in [1.807, 2.05) is 0 Å². The van der Waals surface area contributed by atoms with Gasteiger partial charge in [0.05, 0.1) is 34.4 Å². The lowest BCUT2D eigenvalue weighted by Crippen LogP contribution is -2.57. The Hall–Kier alpha value is -2.83. The molecule has 2 aliphatic rings. The third kappa shape index (κ3) is 4.57. The van der Waals surface area contributed by atoms with Gasteiger partial charge in [0.15, 0.2) is 0 Å². The Labute approximate surface area is 203 Å². The number of amides is 3. The lowest BCUT2D eigenvalue weighted by molar-refractivity contribution is -0.159. The maximum Gasteiger partial charge on any atom is 0.334 e. The highest BCUT2D eigenvalue weighted by atomic mass is 35.5. The minimum atomic E-state index is -2.73. The largest absolute Gasteiger partial charge is 0.334 e. The quantitative estimate of drug-likeness (QED) is 0.240. The molecule has 3 amide bonds. The fourth-order valence-electron chi connectivity index (χ4n) is 4.64. The summed E-state index contributed by atoms with van der Waals surface area (Å²) in [6, 6.07) is 4.24. The van der Waals surface area contributed by atoms with Gasteiger partial charge in [-0.3, -0.25) is 14.5 Å². The zero-order valence-electron chi connectivity index (χ0n) is 18.1. The van der Waals surface area contributed by atoms with E-state index in [-0.39, 0.29) is 55.3 Å². The molecular formula is C20H22Cl2F2N8O2. The number of hydrazine groups is 1. The first-order valence-corrected chi connectivity index (χ1v) is 11.1. The van der Waals surface area contributed by atoms with Gasteiger partial charge in [0.1, 0.15) is 5.69 Å². The van der Waals surface area contributed by atoms with Crippen molar-refractivity contribution in [3.8, 4) is 11.3 Å². The summed E-state index contributed by atoms with van der Waals surface area (Å²) in [5.41, 5.74) is 9.67. The maximum atomic E-state index is 13.3. The highest BCUT2D eigenvalue weighted by Gasteiger charge is 2.54. The summed E-state index contributed by atoms with van der Waals surface area (Å²) in [5.74, 6) is 2.54. The highest BCUT2D eigenvalue weighted by Crippen LogP contribution is 2.51. The fourth-order valence-corrected chi connectivity index (χ4v) is 4.94. The van der Waals surface area contributed by atoms with Gasteiger partial charge in [0, 0.05) is 31.5 Å². The summed E-state index contributed by atoms with van der Waals surface area (Å²) in [7, 11) is 0. The minimum Gasteiger partial charge on any atom is -0.316 e. The number of hydrogen-bond donors (Lipinski definition) is 3. The Morgan fingerprint density at radius 3 is 2.62 bits per heavy atom. The molecule has 1 saturated carbocycles. The van der Waals surface area contributed by atoms with Crippen LogP contribution in [0, 0.1) is 10.9 Å². The highest BCUT2D eigenvalue weighted by molar-refractivity contribution is 6.42. The number of alkyl halides is 2. The summed E-state index contributed by atoms with van der Waals surface area (Å²) in [4.78, 5) is 27.2. The van der Waals surface area contributed by atoms with Crippen molar-refractivity contribution in [3.05, 3.63) is 39.5 Å². The maximum absolute atomic E-state index is 13.3. The van der Waals surface area contributed by atoms with Crippen LogP contribution in [-0.2, 0) is 13.1 Å². The molecule has 1 fully saturated rings. The van der Waals surface area contributed by atoms with Crippen LogP contribution in [0.1, 0.15) is 35.8 Å². The second-order valence-electron chi connectivity index (χ2n) is 8.93. The molecule has 10 nitrogen and oxygen atoms in total. The van der Waals surface area contributed by atoms with Gasteiger partial charge < -0.3 is 4.90 Å². The van der Waals surface area contributed by atoms with E-state index in [9.17, 15) is 18.4 Å². The molecule has 0 saturated heterocycles. The molecule has 1 aliphatic carbocycles. The van der Waals surface area contributed by atoms with Crippen LogP contribution < -0.4 is 11.3 Å². The summed E-state index contributed by atoms with van der Waals surface area (Å²) >= 11 is 12.1. The van der Waals surface area contributed by atoms with Crippen molar-refractivity contribution >= 4 is 35.1 Å². The second kappa shape index (κ2) is 8.75. The van der Waals surface area contributed by atoms with Gasteiger partial charge in [-0.15, -0.1) is 0 Å². The SMILES string of the molecule is CC1(CN(N)C(=O)N2CCn3nc(-c4ccc(Cl)c(Cl)c4)c(C(=O)NN=N)c3C2)CC(F)(F)C1. The molecule has 0 bridgehead atoms. The molecule has 14 heteroatoms. The van der Waals surface area contributed by atoms with E-state index in [1.165, 1.54) is 4.90 Å². The minimum absolute atomic E-state index is 0.00547. The number of rotatable bonds is 5. The molecule has 0 unspecified atom stereocenters. The summed E-state index contributed by atoms with van der Waals surface area (Å²) in [6.07, 6.45) is -0.663. The number of nitrogens with zero attached hydrogens (tertiary/aromatic N) is 5. The second-order valence-corrected chi connectivity index (χ2v) is 9.74. The lowest BCUT2D eigenvalue weighted by atomic mass is 9.67. The molecule has 4 N–H and O–H groups in total. The van der Waals surface area contributed by atoms with Gasteiger partial charge in [-0.2, -0.15) is 10.6 Å². The van der Waals surface area contributed by atoms with Crippen LogP contribution in [0.5, 0.6) is 0 Å². The summed E-state index contributed by atoms with van der Waals surface area (Å²) < 4.78 is 28.3. The van der Waals surface area contributed by atoms with Crippen molar-refractivity contribution in [2.75, 3.05) is 13.1 Å². The van der Waals surface area contributed by atoms with Crippen molar-refractivity contribution in [1.29, 1.82) is 5.53 Å². The average Bonchev–Trinajstić information content (AvgIpc) is 3.12. The van der Waals surface area contributed by atoms with E-state index in [0.717, 1.165) is 5.01 Å². The molecular weight excluding hydrogens is 493 g/mol. The number of nitrogens with one attached hydrogen (secondary N) is 2. The predicted molar refractivity (Wildman–Crippen MR) is 119 cm³/mol. The molecule has 182 valence electrons. The Balaban J connectivity index is 1.60. The predicted octanol–water partition coefficient (Wildman–Crippen LogP) is 4.08. The zero-order valence-corrected chi connectivity index (χ0v) is 19.6. The van der Waals surface area contributed by atoms with Crippen LogP contribution in [0.3, 0.4) is 0 Å². The molecule has 0 radical (unpaired) electrons. The summed E-state index contributed by atoms with van der Waals surface area (Å²) in [5, 5.41) is 9.02. The van der Waals surface area contributed by atoms with Crippen LogP contribution in [0.25, 0.3) is 11.3 Å². The Kier molecular flexibility index (Phi) is 6.25. The topological polar surface area (TPSA) is 133 Å². The van der Waals surface area contributed by atoms with Gasteiger partial charge in [-0.05, 0) is 17.5 Å². The smallest absolute Gasteiger partial charge is 0.316 e. The molecule has 2 aromatic rings. The number of aromatic nitrogens is 2. The summed E-state index contributed by atoms with van der Waals surface area (Å²) in [6.45, 7) is 2.16. The number of carbonyl (C=O) groups excluding carboxylic acids is 2. The Morgan fingerprint density at radius 1 is 1.29 bits per heavy atom. The van der Waals surface area contributed by atoms with Gasteiger partial charge in [0.2, 0.25) is 5.92 Å². The van der Waals surface area contributed by atoms with E-state index in [0.29, 0.717) is 16.3 Å². The van der Waals surface area contributed by atoms with Crippen molar-refractivity contribution in [2.24, 2.45) is 16.5 Å². The van der Waals surface area contributed by atoms with Gasteiger partial charge in [0.25, 0.3) is 5.91 Å². The number of fused-ring (bicyclic) bond motifs is 1. The Bertz CT molecular complexity index is 1160. The normalized spacial score (nSPS) is 18.0. The van der Waals surface area contributed by atoms with Gasteiger partial charge in [-0.1, -0.05) is 41.4 Å². The number of urea groups is 1. The van der Waals surface area contributed by atoms with E-state index < -0.39 is 23.3 Å². The standard InChI is InChI=1S/C20H22Cl2F2N8O2/c1-19(8-20(23,24)9-19)10-31(26)18(34)30-4-5-32-14(7-30)15(17(33)27-29-25)16(28-32)11-2-3-12(21)13(22)6-11/h2-3,6H,4-5,7-10,26H2,1H3,(H2,25,27,33). The molecule has 2 heterocycles. The molecule has 0 spiro atoms. The van der Waals surface area contributed by atoms with Crippen molar-refractivity contribution in [2.45, 2.75) is 38.8 Å². The van der Waals surface area contributed by atoms with E-state index in [4.69, 9.17) is 34.6 Å². The first-order chi connectivity index (χ1) is 15.9. The molecule has 1 aliphatic heterocycles. The number of benzene rings is 1. The zero-order chi connectivity index (χ0) is 24.8.